The van der Waals surface area contributed by atoms with Crippen LogP contribution in [0.1, 0.15) is 10.4 Å². The molecule has 0 atom stereocenters. The third kappa shape index (κ3) is 4.13. The van der Waals surface area contributed by atoms with Gasteiger partial charge in [0.05, 0.1) is 6.54 Å². The fourth-order valence-corrected chi connectivity index (χ4v) is 3.31. The third-order valence-corrected chi connectivity index (χ3v) is 4.89. The molecule has 5 nitrogen and oxygen atoms in total. The van der Waals surface area contributed by atoms with Crippen molar-refractivity contribution in [3.63, 3.8) is 0 Å². The minimum atomic E-state index is 0.369. The Labute approximate surface area is 160 Å². The number of thiophene rings is 1. The Morgan fingerprint density at radius 1 is 1.04 bits per heavy atom. The lowest BCUT2D eigenvalue weighted by Crippen LogP contribution is -2.20. The zero-order valence-electron chi connectivity index (χ0n) is 14.4. The maximum absolute atomic E-state index is 9.38. The lowest BCUT2D eigenvalue weighted by molar-refractivity contribution is 0.234. The Balaban J connectivity index is 1.49. The van der Waals surface area contributed by atoms with Crippen LogP contribution in [-0.2, 0) is 6.54 Å². The van der Waals surface area contributed by atoms with E-state index in [4.69, 9.17) is 4.74 Å². The number of rotatable bonds is 5. The predicted octanol–water partition coefficient (Wildman–Crippen LogP) is 5.01. The van der Waals surface area contributed by atoms with Gasteiger partial charge in [0, 0.05) is 22.7 Å². The van der Waals surface area contributed by atoms with Gasteiger partial charge < -0.3 is 4.74 Å². The number of benzene rings is 2. The van der Waals surface area contributed by atoms with Crippen molar-refractivity contribution in [3.8, 4) is 11.6 Å². The standard InChI is InChI=1S/C21H17N3O2S/c25-24-21(23-14-19-6-3-11-27-19)17-8-10-20(22-13-17)26-18-9-7-15-4-1-2-5-16(15)12-18/h1-13,25H,14H2,(H,23,24). The van der Waals surface area contributed by atoms with Crippen LogP contribution in [0.4, 0.5) is 0 Å². The molecule has 0 aliphatic rings. The largest absolute Gasteiger partial charge is 0.439 e. The molecule has 2 aromatic carbocycles. The topological polar surface area (TPSA) is 66.7 Å². The Bertz CT molecular complexity index is 1060. The van der Waals surface area contributed by atoms with Crippen molar-refractivity contribution in [1.29, 1.82) is 0 Å². The van der Waals surface area contributed by atoms with Crippen LogP contribution in [0.25, 0.3) is 10.8 Å². The first-order valence-corrected chi connectivity index (χ1v) is 9.30. The van der Waals surface area contributed by atoms with Crippen molar-refractivity contribution in [3.05, 3.63) is 88.7 Å². The molecule has 0 radical (unpaired) electrons. The summed E-state index contributed by atoms with van der Waals surface area (Å²) in [4.78, 5) is 9.82. The summed E-state index contributed by atoms with van der Waals surface area (Å²) in [6.07, 6.45) is 1.62. The molecule has 134 valence electrons. The highest BCUT2D eigenvalue weighted by Crippen LogP contribution is 2.24. The van der Waals surface area contributed by atoms with E-state index in [1.807, 2.05) is 53.9 Å². The molecular weight excluding hydrogens is 358 g/mol. The first-order valence-electron chi connectivity index (χ1n) is 8.42. The zero-order chi connectivity index (χ0) is 18.5. The zero-order valence-corrected chi connectivity index (χ0v) is 15.2. The van der Waals surface area contributed by atoms with Gasteiger partial charge in [-0.25, -0.2) is 4.98 Å². The summed E-state index contributed by atoms with van der Waals surface area (Å²) in [6, 6.07) is 21.6. The Morgan fingerprint density at radius 3 is 2.67 bits per heavy atom. The number of ether oxygens (including phenoxy) is 1. The maximum atomic E-state index is 9.38. The molecule has 0 unspecified atom stereocenters. The number of nitrogens with zero attached hydrogens (tertiary/aromatic N) is 2. The van der Waals surface area contributed by atoms with Gasteiger partial charge in [0.15, 0.2) is 5.84 Å². The molecule has 6 heteroatoms. The number of hydrogen-bond acceptors (Lipinski definition) is 5. The van der Waals surface area contributed by atoms with Crippen molar-refractivity contribution in [2.24, 2.45) is 4.99 Å². The summed E-state index contributed by atoms with van der Waals surface area (Å²) in [6.45, 7) is 0.496. The van der Waals surface area contributed by atoms with Crippen LogP contribution in [0, 0.1) is 0 Å². The molecule has 0 aliphatic heterocycles. The Morgan fingerprint density at radius 2 is 1.93 bits per heavy atom. The Hall–Kier alpha value is -3.22. The van der Waals surface area contributed by atoms with E-state index in [1.165, 1.54) is 0 Å². The maximum Gasteiger partial charge on any atom is 0.219 e. The SMILES string of the molecule is ONC(=NCc1cccs1)c1ccc(Oc2ccc3ccccc3c2)nc1. The van der Waals surface area contributed by atoms with Crippen molar-refractivity contribution in [1.82, 2.24) is 10.5 Å². The molecule has 2 aromatic heterocycles. The second-order valence-electron chi connectivity index (χ2n) is 5.85. The van der Waals surface area contributed by atoms with Crippen LogP contribution < -0.4 is 10.2 Å². The minimum Gasteiger partial charge on any atom is -0.439 e. The van der Waals surface area contributed by atoms with E-state index < -0.39 is 0 Å². The second-order valence-corrected chi connectivity index (χ2v) is 6.88. The van der Waals surface area contributed by atoms with Gasteiger partial charge in [-0.1, -0.05) is 36.4 Å². The molecule has 2 heterocycles. The average Bonchev–Trinajstić information content (AvgIpc) is 3.23. The highest BCUT2D eigenvalue weighted by atomic mass is 32.1. The minimum absolute atomic E-state index is 0.369. The number of fused-ring (bicyclic) bond motifs is 1. The molecule has 0 bridgehead atoms. The van der Waals surface area contributed by atoms with Crippen molar-refractivity contribution in [2.75, 3.05) is 0 Å². The number of aromatic nitrogens is 1. The van der Waals surface area contributed by atoms with Crippen LogP contribution >= 0.6 is 11.3 Å². The summed E-state index contributed by atoms with van der Waals surface area (Å²) in [7, 11) is 0. The van der Waals surface area contributed by atoms with Crippen molar-refractivity contribution < 1.29 is 9.94 Å². The summed E-state index contributed by atoms with van der Waals surface area (Å²) in [5, 5.41) is 13.6. The molecule has 2 N–H and O–H groups in total. The van der Waals surface area contributed by atoms with Crippen LogP contribution in [0.15, 0.2) is 83.3 Å². The summed E-state index contributed by atoms with van der Waals surface area (Å²) < 4.78 is 5.84. The lowest BCUT2D eigenvalue weighted by Gasteiger charge is -2.08. The van der Waals surface area contributed by atoms with Gasteiger partial charge in [0.2, 0.25) is 5.88 Å². The highest BCUT2D eigenvalue weighted by molar-refractivity contribution is 7.09. The van der Waals surface area contributed by atoms with E-state index in [9.17, 15) is 5.21 Å². The molecular formula is C21H17N3O2S. The van der Waals surface area contributed by atoms with E-state index in [1.54, 1.807) is 29.7 Å². The van der Waals surface area contributed by atoms with Gasteiger partial charge in [0.1, 0.15) is 5.75 Å². The fourth-order valence-electron chi connectivity index (χ4n) is 2.68. The third-order valence-electron chi connectivity index (χ3n) is 4.03. The second kappa shape index (κ2) is 7.99. The van der Waals surface area contributed by atoms with Gasteiger partial charge in [0.25, 0.3) is 0 Å². The average molecular weight is 375 g/mol. The van der Waals surface area contributed by atoms with E-state index in [0.717, 1.165) is 21.4 Å². The summed E-state index contributed by atoms with van der Waals surface area (Å²) in [5.41, 5.74) is 2.82. The molecule has 27 heavy (non-hydrogen) atoms. The molecule has 4 rings (SSSR count). The Kier molecular flexibility index (Phi) is 5.09. The molecule has 0 saturated heterocycles. The van der Waals surface area contributed by atoms with Gasteiger partial charge in [-0.15, -0.1) is 11.3 Å². The van der Waals surface area contributed by atoms with E-state index in [2.05, 4.69) is 21.5 Å². The van der Waals surface area contributed by atoms with Gasteiger partial charge in [-0.05, 0) is 40.4 Å². The number of hydroxylamine groups is 1. The highest BCUT2D eigenvalue weighted by Gasteiger charge is 2.06. The monoisotopic (exact) mass is 375 g/mol. The predicted molar refractivity (Wildman–Crippen MR) is 108 cm³/mol. The first kappa shape index (κ1) is 17.2. The number of amidine groups is 1. The van der Waals surface area contributed by atoms with E-state index in [-0.39, 0.29) is 0 Å². The van der Waals surface area contributed by atoms with Crippen LogP contribution in [0.5, 0.6) is 11.6 Å². The van der Waals surface area contributed by atoms with Gasteiger partial charge in [-0.2, -0.15) is 0 Å². The number of pyridine rings is 1. The molecule has 0 saturated carbocycles. The van der Waals surface area contributed by atoms with Crippen LogP contribution in [-0.4, -0.2) is 16.0 Å². The number of hydrogen-bond donors (Lipinski definition) is 2. The number of nitrogens with one attached hydrogen (secondary N) is 1. The molecule has 0 amide bonds. The molecule has 4 aromatic rings. The number of aliphatic imine (C=N–C) groups is 1. The van der Waals surface area contributed by atoms with E-state index in [0.29, 0.717) is 23.8 Å². The van der Waals surface area contributed by atoms with Crippen LogP contribution in [0.2, 0.25) is 0 Å². The van der Waals surface area contributed by atoms with Crippen molar-refractivity contribution >= 4 is 27.9 Å². The van der Waals surface area contributed by atoms with E-state index >= 15 is 0 Å². The normalized spacial score (nSPS) is 11.5. The molecule has 0 aliphatic carbocycles. The quantitative estimate of drug-likeness (QED) is 0.292. The van der Waals surface area contributed by atoms with Crippen LogP contribution in [0.3, 0.4) is 0 Å². The summed E-state index contributed by atoms with van der Waals surface area (Å²) in [5.74, 6) is 1.57. The molecule has 0 fully saturated rings. The lowest BCUT2D eigenvalue weighted by atomic mass is 10.1. The first-order chi connectivity index (χ1) is 13.3. The molecule has 0 spiro atoms. The smallest absolute Gasteiger partial charge is 0.219 e. The van der Waals surface area contributed by atoms with Gasteiger partial charge >= 0.3 is 0 Å². The fraction of sp³-hybridized carbons (Fsp3) is 0.0476. The van der Waals surface area contributed by atoms with Gasteiger partial charge in [-0.3, -0.25) is 15.7 Å². The summed E-state index contributed by atoms with van der Waals surface area (Å²) >= 11 is 1.62. The van der Waals surface area contributed by atoms with Crippen molar-refractivity contribution in [2.45, 2.75) is 6.54 Å².